The number of nitrogens with zero attached hydrogens (tertiary/aromatic N) is 3. The highest BCUT2D eigenvalue weighted by atomic mass is 32.2. The van der Waals surface area contributed by atoms with E-state index in [-0.39, 0.29) is 37.1 Å². The maximum atomic E-state index is 14.8. The van der Waals surface area contributed by atoms with E-state index in [1.54, 1.807) is 18.3 Å². The Hall–Kier alpha value is -5.44. The third-order valence-electron chi connectivity index (χ3n) is 12.0. The lowest BCUT2D eigenvalue weighted by Gasteiger charge is -2.30. The van der Waals surface area contributed by atoms with E-state index in [2.05, 4.69) is 20.3 Å². The summed E-state index contributed by atoms with van der Waals surface area (Å²) in [6, 6.07) is 13.4. The highest BCUT2D eigenvalue weighted by Crippen LogP contribution is 2.46. The zero-order chi connectivity index (χ0) is 41.5. The molecule has 3 fully saturated rings. The monoisotopic (exact) mass is 824 g/mol. The Morgan fingerprint density at radius 1 is 1.03 bits per heavy atom. The molecule has 2 aliphatic heterocycles. The minimum absolute atomic E-state index is 0.0571. The van der Waals surface area contributed by atoms with Crippen LogP contribution in [0.2, 0.25) is 0 Å². The highest BCUT2D eigenvalue weighted by molar-refractivity contribution is 7.91. The van der Waals surface area contributed by atoms with Crippen molar-refractivity contribution in [2.75, 3.05) is 19.0 Å². The average Bonchev–Trinajstić information content (AvgIpc) is 4.09. The molecule has 0 bridgehead atoms. The lowest BCUT2D eigenvalue weighted by molar-refractivity contribution is -0.140. The Morgan fingerprint density at radius 2 is 1.83 bits per heavy atom. The number of carbonyl (C=O) groups is 3. The second-order valence-corrected chi connectivity index (χ2v) is 18.6. The van der Waals surface area contributed by atoms with E-state index in [4.69, 9.17) is 18.9 Å². The maximum absolute atomic E-state index is 14.8. The van der Waals surface area contributed by atoms with Crippen molar-refractivity contribution in [3.63, 3.8) is 0 Å². The molecule has 3 amide bonds. The predicted octanol–water partition coefficient (Wildman–Crippen LogP) is 6.16. The van der Waals surface area contributed by atoms with Crippen LogP contribution in [0.5, 0.6) is 11.6 Å². The number of pyridine rings is 1. The molecule has 3 N–H and O–H groups in total. The molecule has 14 nitrogen and oxygen atoms in total. The number of hydrogen-bond acceptors (Lipinski definition) is 11. The van der Waals surface area contributed by atoms with Gasteiger partial charge in [-0.1, -0.05) is 57.0 Å². The van der Waals surface area contributed by atoms with Crippen molar-refractivity contribution in [3.05, 3.63) is 78.2 Å². The van der Waals surface area contributed by atoms with Crippen molar-refractivity contribution < 1.29 is 36.7 Å². The number of benzene rings is 2. The van der Waals surface area contributed by atoms with Gasteiger partial charge in [-0.05, 0) is 92.6 Å². The van der Waals surface area contributed by atoms with E-state index >= 15 is 0 Å². The van der Waals surface area contributed by atoms with Gasteiger partial charge in [0.15, 0.2) is 0 Å². The van der Waals surface area contributed by atoms with Crippen LogP contribution in [0, 0.1) is 12.8 Å². The summed E-state index contributed by atoms with van der Waals surface area (Å²) < 4.78 is 46.5. The van der Waals surface area contributed by atoms with E-state index in [1.165, 1.54) is 0 Å². The quantitative estimate of drug-likeness (QED) is 0.156. The molecule has 2 saturated carbocycles. The molecule has 8 rings (SSSR count). The van der Waals surface area contributed by atoms with Crippen LogP contribution in [-0.2, 0) is 24.4 Å². The summed E-state index contributed by atoms with van der Waals surface area (Å²) in [6.07, 6.45) is 9.95. The number of allylic oxidation sites excluding steroid dienone is 1. The van der Waals surface area contributed by atoms with E-state index in [9.17, 15) is 22.8 Å². The number of amides is 3. The Labute approximate surface area is 344 Å². The van der Waals surface area contributed by atoms with E-state index in [0.717, 1.165) is 48.0 Å². The fourth-order valence-electron chi connectivity index (χ4n) is 8.25. The summed E-state index contributed by atoms with van der Waals surface area (Å²) in [5.74, 6) is -0.571. The Bertz CT molecular complexity index is 2380. The molecular formula is C44H52N6O8S. The summed E-state index contributed by atoms with van der Waals surface area (Å²) in [4.78, 5) is 54.5. The van der Waals surface area contributed by atoms with Gasteiger partial charge in [-0.25, -0.2) is 18.4 Å². The third kappa shape index (κ3) is 8.39. The first kappa shape index (κ1) is 40.3. The van der Waals surface area contributed by atoms with Crippen LogP contribution < -0.4 is 24.8 Å². The number of para-hydroxylation sites is 1. The summed E-state index contributed by atoms with van der Waals surface area (Å²) in [7, 11) is -2.27. The Morgan fingerprint density at radius 3 is 2.56 bits per heavy atom. The normalized spacial score (nSPS) is 25.6. The number of oxazole rings is 1. The summed E-state index contributed by atoms with van der Waals surface area (Å²) >= 11 is 0. The smallest absolute Gasteiger partial charge is 0.259 e. The number of anilines is 1. The largest absolute Gasteiger partial charge is 0.496 e. The summed E-state index contributed by atoms with van der Waals surface area (Å²) in [6.45, 7) is 6.05. The molecule has 4 aliphatic rings. The molecule has 59 heavy (non-hydrogen) atoms. The van der Waals surface area contributed by atoms with Gasteiger partial charge in [0.1, 0.15) is 41.4 Å². The minimum Gasteiger partial charge on any atom is -0.496 e. The molecule has 4 heterocycles. The van der Waals surface area contributed by atoms with Gasteiger partial charge in [0.05, 0.1) is 24.6 Å². The molecule has 0 unspecified atom stereocenters. The molecular weight excluding hydrogens is 773 g/mol. The number of nitrogens with one attached hydrogen (secondary N) is 3. The van der Waals surface area contributed by atoms with Crippen LogP contribution in [0.1, 0.15) is 88.8 Å². The summed E-state index contributed by atoms with van der Waals surface area (Å²) in [5, 5.41) is 7.29. The molecule has 2 aromatic carbocycles. The van der Waals surface area contributed by atoms with Crippen molar-refractivity contribution in [1.82, 2.24) is 24.9 Å². The van der Waals surface area contributed by atoms with Crippen LogP contribution >= 0.6 is 0 Å². The number of carbonyl (C=O) groups excluding carboxylic acids is 3. The molecule has 2 aromatic heterocycles. The average molecular weight is 825 g/mol. The number of aryl methyl sites for hydroxylation is 1. The van der Waals surface area contributed by atoms with Crippen molar-refractivity contribution in [2.24, 2.45) is 5.92 Å². The second-order valence-electron chi connectivity index (χ2n) is 16.6. The Balaban J connectivity index is 1.15. The number of aromatic nitrogens is 2. The standard InChI is InChI=1S/C44H52N6O8S/c1-26(2)36-25-57-41(47-36)35-22-33-27(3)38(56-4)20-19-32(33)40(46-35)58-30-21-37-39(51)48-44(43(53)49-59(54,55)31-17-18-31)23-28(44)13-9-6-5-7-12-16-34(42(52)50(37)24-30)45-29-14-10-8-11-15-29/h8-11,13-15,19-20,22,25-26,28,30-31,34,37,45H,5-7,12,16-18,21,23-24H2,1-4H3,(H,48,51)(H,49,53)/b13-9-/t28-,30-,34+,37+,44-/m1/s1. The van der Waals surface area contributed by atoms with E-state index in [1.807, 2.05) is 81.5 Å². The maximum Gasteiger partial charge on any atom is 0.259 e. The van der Waals surface area contributed by atoms with Gasteiger partial charge in [0.2, 0.25) is 33.6 Å². The lowest BCUT2D eigenvalue weighted by atomic mass is 10.0. The zero-order valence-electron chi connectivity index (χ0n) is 33.9. The molecule has 312 valence electrons. The zero-order valence-corrected chi connectivity index (χ0v) is 34.7. The van der Waals surface area contributed by atoms with Crippen LogP contribution in [-0.4, -0.2) is 83.6 Å². The van der Waals surface area contributed by atoms with Crippen molar-refractivity contribution in [3.8, 4) is 23.2 Å². The molecule has 1 saturated heterocycles. The van der Waals surface area contributed by atoms with Gasteiger partial charge in [-0.2, -0.15) is 0 Å². The number of hydrogen-bond donors (Lipinski definition) is 3. The van der Waals surface area contributed by atoms with Gasteiger partial charge in [0, 0.05) is 23.4 Å². The number of fused-ring (bicyclic) bond motifs is 3. The molecule has 2 aliphatic carbocycles. The van der Waals surface area contributed by atoms with E-state index in [0.29, 0.717) is 42.0 Å². The summed E-state index contributed by atoms with van der Waals surface area (Å²) in [5.41, 5.74) is 1.39. The van der Waals surface area contributed by atoms with E-state index < -0.39 is 56.7 Å². The first-order chi connectivity index (χ1) is 28.4. The van der Waals surface area contributed by atoms with Gasteiger partial charge in [0.25, 0.3) is 5.91 Å². The molecule has 5 atom stereocenters. The topological polar surface area (TPSA) is 182 Å². The Kier molecular flexibility index (Phi) is 11.2. The van der Waals surface area contributed by atoms with Gasteiger partial charge in [-0.3, -0.25) is 19.1 Å². The van der Waals surface area contributed by atoms with Crippen molar-refractivity contribution in [1.29, 1.82) is 0 Å². The number of sulfonamides is 1. The molecule has 0 radical (unpaired) electrons. The number of ether oxygens (including phenoxy) is 2. The van der Waals surface area contributed by atoms with Crippen molar-refractivity contribution in [2.45, 2.75) is 113 Å². The van der Waals surface area contributed by atoms with Crippen molar-refractivity contribution >= 4 is 44.2 Å². The number of rotatable bonds is 10. The van der Waals surface area contributed by atoms with Gasteiger partial charge < -0.3 is 29.4 Å². The first-order valence-electron chi connectivity index (χ1n) is 20.6. The fraction of sp³-hybridized carbons (Fsp3) is 0.477. The van der Waals surface area contributed by atoms with Gasteiger partial charge >= 0.3 is 0 Å². The first-order valence-corrected chi connectivity index (χ1v) is 22.2. The second kappa shape index (κ2) is 16.3. The molecule has 4 aromatic rings. The number of methoxy groups -OCH3 is 1. The van der Waals surface area contributed by atoms with Crippen LogP contribution in [0.4, 0.5) is 5.69 Å². The molecule has 0 spiro atoms. The SMILES string of the molecule is COc1ccc2c(O[C@@H]3C[C@H]4C(=O)N[C@]5(C(=O)NS(=O)(=O)C6CC6)C[C@H]5/C=C\CCCCC[C@H](Nc5ccccc5)C(=O)N4C3)nc(-c3nc(C(C)C)co3)cc2c1C. The van der Waals surface area contributed by atoms with Gasteiger partial charge in [-0.15, -0.1) is 0 Å². The van der Waals surface area contributed by atoms with Crippen LogP contribution in [0.3, 0.4) is 0 Å². The van der Waals surface area contributed by atoms with Crippen LogP contribution in [0.25, 0.3) is 22.4 Å². The molecule has 15 heteroatoms. The third-order valence-corrected chi connectivity index (χ3v) is 13.8. The highest BCUT2D eigenvalue weighted by Gasteiger charge is 2.62. The fourth-order valence-corrected chi connectivity index (χ4v) is 9.61. The van der Waals surface area contributed by atoms with Crippen LogP contribution in [0.15, 0.2) is 71.4 Å². The minimum atomic E-state index is -3.88. The predicted molar refractivity (Wildman–Crippen MR) is 222 cm³/mol. The lowest BCUT2D eigenvalue weighted by Crippen LogP contribution is -2.57.